The third-order valence-electron chi connectivity index (χ3n) is 2.47. The van der Waals surface area contributed by atoms with Crippen LogP contribution in [0.2, 0.25) is 10.0 Å². The third-order valence-corrected chi connectivity index (χ3v) is 4.63. The van der Waals surface area contributed by atoms with Crippen LogP contribution in [-0.2, 0) is 0 Å². The van der Waals surface area contributed by atoms with E-state index in [-0.39, 0.29) is 11.2 Å². The molecule has 5 heteroatoms. The van der Waals surface area contributed by atoms with E-state index in [0.29, 0.717) is 10.0 Å². The van der Waals surface area contributed by atoms with Gasteiger partial charge in [0.15, 0.2) is 0 Å². The summed E-state index contributed by atoms with van der Waals surface area (Å²) in [6.45, 7) is 0. The van der Waals surface area contributed by atoms with Gasteiger partial charge < -0.3 is 0 Å². The Kier molecular flexibility index (Phi) is 4.75. The zero-order chi connectivity index (χ0) is 13.3. The summed E-state index contributed by atoms with van der Waals surface area (Å²) >= 11 is 20.3. The molecular weight excluding hydrogens is 408 g/mol. The second-order valence-corrected chi connectivity index (χ2v) is 6.11. The predicted octanol–water partition coefficient (Wildman–Crippen LogP) is 6.07. The minimum absolute atomic E-state index is 0.277. The Hall–Kier alpha value is -0.0300. The van der Waals surface area contributed by atoms with E-state index in [2.05, 4.69) is 22.6 Å². The van der Waals surface area contributed by atoms with Gasteiger partial charge in [0, 0.05) is 3.57 Å². The summed E-state index contributed by atoms with van der Waals surface area (Å²) < 4.78 is 13.8. The van der Waals surface area contributed by atoms with Crippen molar-refractivity contribution in [3.63, 3.8) is 0 Å². The Morgan fingerprint density at radius 3 is 2.33 bits per heavy atom. The normalized spacial score (nSPS) is 12.5. The van der Waals surface area contributed by atoms with Gasteiger partial charge in [-0.25, -0.2) is 4.39 Å². The topological polar surface area (TPSA) is 0 Å². The minimum Gasteiger partial charge on any atom is -0.207 e. The van der Waals surface area contributed by atoms with Gasteiger partial charge >= 0.3 is 0 Å². The number of hydrogen-bond donors (Lipinski definition) is 0. The van der Waals surface area contributed by atoms with Gasteiger partial charge in [0.1, 0.15) is 5.82 Å². The van der Waals surface area contributed by atoms with Gasteiger partial charge in [-0.15, -0.1) is 11.6 Å². The minimum atomic E-state index is -0.382. The van der Waals surface area contributed by atoms with E-state index in [4.69, 9.17) is 34.8 Å². The molecular formula is C13H7Cl3FI. The first-order chi connectivity index (χ1) is 8.49. The molecule has 0 aliphatic heterocycles. The molecule has 0 saturated heterocycles. The summed E-state index contributed by atoms with van der Waals surface area (Å²) in [6.07, 6.45) is 0. The highest BCUT2D eigenvalue weighted by Gasteiger charge is 2.15. The van der Waals surface area contributed by atoms with Crippen LogP contribution < -0.4 is 0 Å². The molecule has 0 fully saturated rings. The van der Waals surface area contributed by atoms with E-state index in [1.165, 1.54) is 12.1 Å². The lowest BCUT2D eigenvalue weighted by Gasteiger charge is -2.13. The first-order valence-electron chi connectivity index (χ1n) is 5.03. The van der Waals surface area contributed by atoms with Crippen molar-refractivity contribution in [2.75, 3.05) is 0 Å². The molecule has 94 valence electrons. The number of rotatable bonds is 2. The van der Waals surface area contributed by atoms with E-state index in [1.54, 1.807) is 18.2 Å². The zero-order valence-electron chi connectivity index (χ0n) is 8.93. The first-order valence-corrected chi connectivity index (χ1v) is 7.30. The molecule has 0 spiro atoms. The second-order valence-electron chi connectivity index (χ2n) is 3.70. The highest BCUT2D eigenvalue weighted by Crippen LogP contribution is 2.35. The van der Waals surface area contributed by atoms with Crippen LogP contribution in [0.1, 0.15) is 16.5 Å². The molecule has 18 heavy (non-hydrogen) atoms. The Bertz CT molecular complexity index is 586. The summed E-state index contributed by atoms with van der Waals surface area (Å²) in [7, 11) is 0. The van der Waals surface area contributed by atoms with Crippen LogP contribution in [0, 0.1) is 9.39 Å². The van der Waals surface area contributed by atoms with E-state index < -0.39 is 0 Å². The highest BCUT2D eigenvalue weighted by molar-refractivity contribution is 14.1. The summed E-state index contributed by atoms with van der Waals surface area (Å²) in [5.41, 5.74) is 1.67. The van der Waals surface area contributed by atoms with Crippen LogP contribution in [0.4, 0.5) is 4.39 Å². The fourth-order valence-corrected chi connectivity index (χ4v) is 3.16. The molecule has 0 radical (unpaired) electrons. The van der Waals surface area contributed by atoms with E-state index in [1.807, 2.05) is 6.07 Å². The van der Waals surface area contributed by atoms with Gasteiger partial charge in [0.05, 0.1) is 15.4 Å². The van der Waals surface area contributed by atoms with Crippen molar-refractivity contribution in [1.82, 2.24) is 0 Å². The summed E-state index contributed by atoms with van der Waals surface area (Å²) in [5.74, 6) is -0.277. The first kappa shape index (κ1) is 14.4. The molecule has 0 amide bonds. The van der Waals surface area contributed by atoms with Gasteiger partial charge in [-0.1, -0.05) is 35.3 Å². The van der Waals surface area contributed by atoms with Crippen LogP contribution in [0.25, 0.3) is 0 Å². The number of alkyl halides is 1. The molecule has 2 rings (SSSR count). The van der Waals surface area contributed by atoms with Gasteiger partial charge in [0.25, 0.3) is 0 Å². The highest BCUT2D eigenvalue weighted by atomic mass is 127. The van der Waals surface area contributed by atoms with Gasteiger partial charge in [0.2, 0.25) is 0 Å². The zero-order valence-corrected chi connectivity index (χ0v) is 13.4. The average molecular weight is 415 g/mol. The number of hydrogen-bond acceptors (Lipinski definition) is 0. The Labute approximate surface area is 133 Å². The third kappa shape index (κ3) is 3.10. The van der Waals surface area contributed by atoms with Gasteiger partial charge in [-0.05, 0) is 58.0 Å². The van der Waals surface area contributed by atoms with Crippen molar-refractivity contribution in [3.8, 4) is 0 Å². The lowest BCUT2D eigenvalue weighted by molar-refractivity contribution is 0.626. The maximum absolute atomic E-state index is 13.0. The summed E-state index contributed by atoms with van der Waals surface area (Å²) in [6, 6.07) is 9.75. The summed E-state index contributed by atoms with van der Waals surface area (Å²) in [5, 5.41) is 0.558. The van der Waals surface area contributed by atoms with Crippen LogP contribution >= 0.6 is 57.4 Å². The lowest BCUT2D eigenvalue weighted by Crippen LogP contribution is -1.97. The van der Waals surface area contributed by atoms with Crippen molar-refractivity contribution in [1.29, 1.82) is 0 Å². The molecule has 0 aliphatic carbocycles. The molecule has 0 nitrogen and oxygen atoms in total. The van der Waals surface area contributed by atoms with Crippen molar-refractivity contribution >= 4 is 57.4 Å². The Morgan fingerprint density at radius 2 is 1.72 bits per heavy atom. The van der Waals surface area contributed by atoms with Crippen molar-refractivity contribution in [2.45, 2.75) is 5.38 Å². The fourth-order valence-electron chi connectivity index (χ4n) is 1.56. The molecule has 2 aromatic carbocycles. The fraction of sp³-hybridized carbons (Fsp3) is 0.0769. The van der Waals surface area contributed by atoms with Crippen LogP contribution in [0.5, 0.6) is 0 Å². The smallest absolute Gasteiger partial charge is 0.124 e. The Balaban J connectivity index is 2.41. The van der Waals surface area contributed by atoms with Gasteiger partial charge in [-0.3, -0.25) is 0 Å². The number of benzene rings is 2. The van der Waals surface area contributed by atoms with Crippen LogP contribution in [0.3, 0.4) is 0 Å². The molecule has 1 unspecified atom stereocenters. The van der Waals surface area contributed by atoms with Crippen molar-refractivity contribution in [2.24, 2.45) is 0 Å². The maximum Gasteiger partial charge on any atom is 0.124 e. The van der Waals surface area contributed by atoms with Crippen LogP contribution in [0.15, 0.2) is 36.4 Å². The molecule has 0 bridgehead atoms. The van der Waals surface area contributed by atoms with Crippen molar-refractivity contribution < 1.29 is 4.39 Å². The molecule has 0 N–H and O–H groups in total. The lowest BCUT2D eigenvalue weighted by atomic mass is 10.0. The quantitative estimate of drug-likeness (QED) is 0.413. The molecule has 0 aliphatic rings. The largest absolute Gasteiger partial charge is 0.207 e. The van der Waals surface area contributed by atoms with Crippen LogP contribution in [-0.4, -0.2) is 0 Å². The van der Waals surface area contributed by atoms with Crippen molar-refractivity contribution in [3.05, 3.63) is 67.0 Å². The number of halogens is 5. The predicted molar refractivity (Wildman–Crippen MR) is 83.3 cm³/mol. The molecule has 0 aromatic heterocycles. The SMILES string of the molecule is Fc1ccc(C(Cl)c2ccc(Cl)c(Cl)c2)c(I)c1. The second kappa shape index (κ2) is 5.95. The summed E-state index contributed by atoms with van der Waals surface area (Å²) in [4.78, 5) is 0. The Morgan fingerprint density at radius 1 is 1.00 bits per heavy atom. The standard InChI is InChI=1S/C13H7Cl3FI/c14-10-4-1-7(5-11(10)15)13(16)9-3-2-8(17)6-12(9)18/h1-6,13H. The molecule has 1 atom stereocenters. The van der Waals surface area contributed by atoms with E-state index in [9.17, 15) is 4.39 Å². The van der Waals surface area contributed by atoms with E-state index >= 15 is 0 Å². The monoisotopic (exact) mass is 414 g/mol. The van der Waals surface area contributed by atoms with E-state index in [0.717, 1.165) is 14.7 Å². The molecule has 0 heterocycles. The molecule has 2 aromatic rings. The average Bonchev–Trinajstić information content (AvgIpc) is 2.32. The molecule has 0 saturated carbocycles. The van der Waals surface area contributed by atoms with Gasteiger partial charge in [-0.2, -0.15) is 0 Å². The maximum atomic E-state index is 13.0.